The normalized spacial score (nSPS) is 14.5. The Balaban J connectivity index is 0.000000188. The number of anilines is 1. The van der Waals surface area contributed by atoms with Gasteiger partial charge in [-0.2, -0.15) is 10.2 Å². The summed E-state index contributed by atoms with van der Waals surface area (Å²) in [5.74, 6) is -3.68. The van der Waals surface area contributed by atoms with Crippen LogP contribution < -0.4 is 4.90 Å². The zero-order valence-corrected chi connectivity index (χ0v) is 27.6. The van der Waals surface area contributed by atoms with Crippen LogP contribution in [0.5, 0.6) is 0 Å². The number of benzene rings is 2. The molecule has 14 heteroatoms. The minimum absolute atomic E-state index is 0.348. The minimum Gasteiger partial charge on any atom is -0.444 e. The number of hydrogen-bond acceptors (Lipinski definition) is 6. The highest BCUT2D eigenvalue weighted by Gasteiger charge is 2.32. The summed E-state index contributed by atoms with van der Waals surface area (Å²) >= 11 is 0. The standard InChI is InChI=1S/2C17H19F2N3O2/c1-17(2,3)24-16(23)22-7-6-11-14(9-22)20-21-15(11)10-4-5-12(18)13(19)8-10;1-17(2,3)24-16(23)22-8-4-5-13-15(22)14(21-20-13)10-6-7-11(18)12(19)9-10/h4-5,8H,6-7,9H2,1-3H3,(H,20,21);6-7,9H,4-5,8H2,1-3H3,(H,20,21). The van der Waals surface area contributed by atoms with Crippen LogP contribution in [-0.2, 0) is 28.9 Å². The van der Waals surface area contributed by atoms with E-state index in [-0.39, 0.29) is 6.09 Å². The summed E-state index contributed by atoms with van der Waals surface area (Å²) in [5.41, 5.74) is 3.80. The summed E-state index contributed by atoms with van der Waals surface area (Å²) in [7, 11) is 0. The van der Waals surface area contributed by atoms with Gasteiger partial charge >= 0.3 is 12.2 Å². The summed E-state index contributed by atoms with van der Waals surface area (Å²) in [6.07, 6.45) is 1.21. The molecule has 0 atom stereocenters. The zero-order valence-electron chi connectivity index (χ0n) is 27.6. The number of ether oxygens (including phenoxy) is 2. The van der Waals surface area contributed by atoms with E-state index < -0.39 is 40.6 Å². The van der Waals surface area contributed by atoms with Crippen molar-refractivity contribution in [3.63, 3.8) is 0 Å². The van der Waals surface area contributed by atoms with Gasteiger partial charge in [0.05, 0.1) is 29.3 Å². The first-order chi connectivity index (χ1) is 22.5. The molecule has 2 amide bonds. The molecule has 0 aliphatic carbocycles. The van der Waals surface area contributed by atoms with E-state index in [2.05, 4.69) is 20.4 Å². The van der Waals surface area contributed by atoms with Crippen molar-refractivity contribution in [2.24, 2.45) is 0 Å². The third-order valence-electron chi connectivity index (χ3n) is 7.48. The number of carbonyl (C=O) groups excluding carboxylic acids is 2. The van der Waals surface area contributed by atoms with Crippen molar-refractivity contribution in [3.05, 3.63) is 76.6 Å². The average molecular weight is 671 g/mol. The fraction of sp³-hybridized carbons (Fsp3) is 0.412. The highest BCUT2D eigenvalue weighted by molar-refractivity contribution is 5.94. The lowest BCUT2D eigenvalue weighted by Crippen LogP contribution is -2.39. The molecule has 0 bridgehead atoms. The molecule has 4 aromatic rings. The van der Waals surface area contributed by atoms with E-state index >= 15 is 0 Å². The van der Waals surface area contributed by atoms with Gasteiger partial charge < -0.3 is 14.4 Å². The van der Waals surface area contributed by atoms with E-state index in [1.54, 1.807) is 25.7 Å². The quantitative estimate of drug-likeness (QED) is 0.211. The molecule has 0 fully saturated rings. The van der Waals surface area contributed by atoms with Crippen molar-refractivity contribution in [1.82, 2.24) is 25.3 Å². The number of fused-ring (bicyclic) bond motifs is 2. The molecular weight excluding hydrogens is 632 g/mol. The number of rotatable bonds is 2. The number of aromatic amines is 2. The van der Waals surface area contributed by atoms with Crippen molar-refractivity contribution in [3.8, 4) is 22.5 Å². The summed E-state index contributed by atoms with van der Waals surface area (Å²) < 4.78 is 64.1. The fourth-order valence-electron chi connectivity index (χ4n) is 5.39. The lowest BCUT2D eigenvalue weighted by Gasteiger charge is -2.30. The number of H-pyrrole nitrogens is 2. The van der Waals surface area contributed by atoms with Gasteiger partial charge in [-0.3, -0.25) is 15.1 Å². The molecule has 0 spiro atoms. The van der Waals surface area contributed by atoms with Gasteiger partial charge in [-0.05, 0) is 97.2 Å². The number of amides is 2. The third kappa shape index (κ3) is 7.80. The second-order valence-electron chi connectivity index (χ2n) is 13.6. The molecule has 6 rings (SSSR count). The average Bonchev–Trinajstić information content (AvgIpc) is 3.63. The zero-order chi connectivity index (χ0) is 35.0. The molecule has 4 heterocycles. The first-order valence-electron chi connectivity index (χ1n) is 15.5. The van der Waals surface area contributed by atoms with E-state index in [0.717, 1.165) is 54.1 Å². The molecule has 2 N–H and O–H groups in total. The molecule has 256 valence electrons. The van der Waals surface area contributed by atoms with Crippen LogP contribution in [0.1, 0.15) is 64.9 Å². The summed E-state index contributed by atoms with van der Waals surface area (Å²) in [6.45, 7) is 12.1. The van der Waals surface area contributed by atoms with Crippen molar-refractivity contribution in [1.29, 1.82) is 0 Å². The van der Waals surface area contributed by atoms with Gasteiger partial charge in [-0.15, -0.1) is 0 Å². The third-order valence-corrected chi connectivity index (χ3v) is 7.48. The fourth-order valence-corrected chi connectivity index (χ4v) is 5.39. The Morgan fingerprint density at radius 2 is 1.25 bits per heavy atom. The highest BCUT2D eigenvalue weighted by Crippen LogP contribution is 2.37. The van der Waals surface area contributed by atoms with E-state index in [9.17, 15) is 27.2 Å². The second-order valence-corrected chi connectivity index (χ2v) is 13.6. The van der Waals surface area contributed by atoms with Gasteiger partial charge in [0.25, 0.3) is 0 Å². The molecule has 0 radical (unpaired) electrons. The molecule has 0 saturated heterocycles. The van der Waals surface area contributed by atoms with Gasteiger partial charge in [-0.25, -0.2) is 27.2 Å². The topological polar surface area (TPSA) is 116 Å². The van der Waals surface area contributed by atoms with Crippen LogP contribution in [0.25, 0.3) is 22.5 Å². The largest absolute Gasteiger partial charge is 0.444 e. The monoisotopic (exact) mass is 670 g/mol. The van der Waals surface area contributed by atoms with Crippen LogP contribution in [0, 0.1) is 23.3 Å². The van der Waals surface area contributed by atoms with E-state index in [1.165, 1.54) is 17.0 Å². The van der Waals surface area contributed by atoms with Crippen molar-refractivity contribution >= 4 is 17.9 Å². The number of halogens is 4. The van der Waals surface area contributed by atoms with E-state index in [0.29, 0.717) is 54.3 Å². The first-order valence-corrected chi connectivity index (χ1v) is 15.5. The predicted octanol–water partition coefficient (Wildman–Crippen LogP) is 7.69. The summed E-state index contributed by atoms with van der Waals surface area (Å²) in [6, 6.07) is 7.28. The predicted molar refractivity (Wildman–Crippen MR) is 170 cm³/mol. The van der Waals surface area contributed by atoms with Gasteiger partial charge in [0, 0.05) is 29.8 Å². The Bertz CT molecular complexity index is 1820. The Morgan fingerprint density at radius 3 is 1.83 bits per heavy atom. The van der Waals surface area contributed by atoms with Gasteiger partial charge in [0.15, 0.2) is 23.3 Å². The number of nitrogens with zero attached hydrogens (tertiary/aromatic N) is 4. The van der Waals surface area contributed by atoms with Crippen LogP contribution in [0.15, 0.2) is 36.4 Å². The number of aryl methyl sites for hydroxylation is 1. The maximum Gasteiger partial charge on any atom is 0.414 e. The Hall–Kier alpha value is -4.88. The molecule has 2 aromatic carbocycles. The van der Waals surface area contributed by atoms with Crippen LogP contribution in [0.2, 0.25) is 0 Å². The lowest BCUT2D eigenvalue weighted by atomic mass is 10.00. The van der Waals surface area contributed by atoms with E-state index in [1.807, 2.05) is 20.8 Å². The van der Waals surface area contributed by atoms with Crippen molar-refractivity contribution < 1.29 is 36.6 Å². The number of aromatic nitrogens is 4. The SMILES string of the molecule is CC(C)(C)OC(=O)N1CCCc2[nH]nc(-c3ccc(F)c(F)c3)c21.CC(C)(C)OC(=O)N1CCc2c(-c3ccc(F)c(F)c3)n[nH]c2C1. The maximum atomic E-state index is 13.6. The van der Waals surface area contributed by atoms with Crippen LogP contribution >= 0.6 is 0 Å². The minimum atomic E-state index is -0.955. The highest BCUT2D eigenvalue weighted by atomic mass is 19.2. The van der Waals surface area contributed by atoms with Gasteiger partial charge in [-0.1, -0.05) is 0 Å². The van der Waals surface area contributed by atoms with Gasteiger partial charge in [0.2, 0.25) is 0 Å². The number of nitrogens with one attached hydrogen (secondary N) is 2. The number of carbonyl (C=O) groups is 2. The van der Waals surface area contributed by atoms with Crippen molar-refractivity contribution in [2.45, 2.75) is 78.6 Å². The Labute approximate surface area is 275 Å². The second kappa shape index (κ2) is 13.3. The maximum absolute atomic E-state index is 13.6. The van der Waals surface area contributed by atoms with Crippen molar-refractivity contribution in [2.75, 3.05) is 18.0 Å². The van der Waals surface area contributed by atoms with Crippen LogP contribution in [0.3, 0.4) is 0 Å². The molecule has 0 unspecified atom stereocenters. The van der Waals surface area contributed by atoms with E-state index in [4.69, 9.17) is 9.47 Å². The molecular formula is C34H38F4N6O4. The smallest absolute Gasteiger partial charge is 0.414 e. The molecule has 10 nitrogen and oxygen atoms in total. The van der Waals surface area contributed by atoms with Gasteiger partial charge in [0.1, 0.15) is 16.9 Å². The first kappa shape index (κ1) is 34.5. The summed E-state index contributed by atoms with van der Waals surface area (Å²) in [5, 5.41) is 14.2. The molecule has 0 saturated carbocycles. The molecule has 2 aromatic heterocycles. The molecule has 48 heavy (non-hydrogen) atoms. The van der Waals surface area contributed by atoms with Crippen LogP contribution in [0.4, 0.5) is 32.8 Å². The Morgan fingerprint density at radius 1 is 0.708 bits per heavy atom. The lowest BCUT2D eigenvalue weighted by molar-refractivity contribution is 0.0221. The van der Waals surface area contributed by atoms with Crippen LogP contribution in [-0.4, -0.2) is 61.8 Å². The molecule has 2 aliphatic rings. The molecule has 2 aliphatic heterocycles. The summed E-state index contributed by atoms with van der Waals surface area (Å²) in [4.78, 5) is 27.8. The Kier molecular flexibility index (Phi) is 9.56. The number of hydrogen-bond donors (Lipinski definition) is 2.